The minimum Gasteiger partial charge on any atom is -0.129 e. The predicted octanol–water partition coefficient (Wildman–Crippen LogP) is 5.41. The van der Waals surface area contributed by atoms with Crippen LogP contribution in [0.25, 0.3) is 0 Å². The van der Waals surface area contributed by atoms with Gasteiger partial charge in [0.1, 0.15) is 0 Å². The highest BCUT2D eigenvalue weighted by molar-refractivity contribution is 4.89. The molecule has 0 rings (SSSR count). The van der Waals surface area contributed by atoms with E-state index in [1.54, 1.807) is 0 Å². The Hall–Kier alpha value is -0.740. The smallest absolute Gasteiger partial charge is 0.00957 e. The Balaban J connectivity index is 3.10. The SMILES string of the molecule is C=CCC=C=CCCCCCCCCC. The topological polar surface area (TPSA) is 0 Å². The summed E-state index contributed by atoms with van der Waals surface area (Å²) in [5.41, 5.74) is 3.18. The minimum atomic E-state index is 0.938. The van der Waals surface area contributed by atoms with Gasteiger partial charge < -0.3 is 0 Å². The van der Waals surface area contributed by atoms with Crippen LogP contribution in [0.3, 0.4) is 0 Å². The summed E-state index contributed by atoms with van der Waals surface area (Å²) >= 11 is 0. The summed E-state index contributed by atoms with van der Waals surface area (Å²) in [7, 11) is 0. The van der Waals surface area contributed by atoms with Crippen molar-refractivity contribution in [1.82, 2.24) is 0 Å². The van der Waals surface area contributed by atoms with Gasteiger partial charge in [0, 0.05) is 0 Å². The van der Waals surface area contributed by atoms with Gasteiger partial charge in [-0.3, -0.25) is 0 Å². The van der Waals surface area contributed by atoms with Gasteiger partial charge in [0.15, 0.2) is 0 Å². The molecule has 0 heterocycles. The lowest BCUT2D eigenvalue weighted by Crippen LogP contribution is -1.78. The molecule has 0 atom stereocenters. The van der Waals surface area contributed by atoms with E-state index in [1.165, 1.54) is 51.4 Å². The monoisotopic (exact) mass is 206 g/mol. The van der Waals surface area contributed by atoms with Gasteiger partial charge in [-0.15, -0.1) is 12.3 Å². The lowest BCUT2D eigenvalue weighted by molar-refractivity contribution is 0.592. The molecule has 0 aromatic heterocycles. The third kappa shape index (κ3) is 13.3. The summed E-state index contributed by atoms with van der Waals surface area (Å²) < 4.78 is 0. The average molecular weight is 206 g/mol. The van der Waals surface area contributed by atoms with Crippen molar-refractivity contribution < 1.29 is 0 Å². The van der Waals surface area contributed by atoms with Crippen molar-refractivity contribution in [3.05, 3.63) is 30.5 Å². The van der Waals surface area contributed by atoms with Crippen LogP contribution in [0.5, 0.6) is 0 Å². The standard InChI is InChI=1S/C15H26/c1-3-5-7-9-11-13-15-14-12-10-8-6-4-2/h3,7,11H,1,4-6,8,10,12-15H2,2H3. The number of hydrogen-bond donors (Lipinski definition) is 0. The van der Waals surface area contributed by atoms with E-state index in [0.29, 0.717) is 0 Å². The number of hydrogen-bond acceptors (Lipinski definition) is 0. The molecule has 0 aliphatic heterocycles. The van der Waals surface area contributed by atoms with Crippen molar-refractivity contribution in [2.24, 2.45) is 0 Å². The van der Waals surface area contributed by atoms with Crippen LogP contribution >= 0.6 is 0 Å². The van der Waals surface area contributed by atoms with Crippen LogP contribution in [0.1, 0.15) is 64.7 Å². The Morgan fingerprint density at radius 3 is 2.27 bits per heavy atom. The predicted molar refractivity (Wildman–Crippen MR) is 70.1 cm³/mol. The lowest BCUT2D eigenvalue weighted by Gasteiger charge is -1.98. The molecule has 0 aliphatic carbocycles. The summed E-state index contributed by atoms with van der Waals surface area (Å²) in [6, 6.07) is 0. The van der Waals surface area contributed by atoms with Crippen molar-refractivity contribution >= 4 is 0 Å². The highest BCUT2D eigenvalue weighted by Gasteiger charge is 1.88. The molecule has 0 fully saturated rings. The molecule has 0 aromatic carbocycles. The lowest BCUT2D eigenvalue weighted by atomic mass is 10.1. The fraction of sp³-hybridized carbons (Fsp3) is 0.667. The molecular weight excluding hydrogens is 180 g/mol. The first-order chi connectivity index (χ1) is 7.41. The Kier molecular flexibility index (Phi) is 12.6. The largest absolute Gasteiger partial charge is 0.129 e. The molecule has 15 heavy (non-hydrogen) atoms. The second kappa shape index (κ2) is 13.3. The van der Waals surface area contributed by atoms with Crippen LogP contribution in [0.4, 0.5) is 0 Å². The van der Waals surface area contributed by atoms with E-state index >= 15 is 0 Å². The molecule has 0 aromatic rings. The van der Waals surface area contributed by atoms with Gasteiger partial charge in [-0.1, -0.05) is 51.5 Å². The highest BCUT2D eigenvalue weighted by Crippen LogP contribution is 2.08. The zero-order valence-corrected chi connectivity index (χ0v) is 10.3. The minimum absolute atomic E-state index is 0.938. The maximum atomic E-state index is 3.66. The fourth-order valence-corrected chi connectivity index (χ4v) is 1.52. The second-order valence-electron chi connectivity index (χ2n) is 4.01. The van der Waals surface area contributed by atoms with Gasteiger partial charge in [0.25, 0.3) is 0 Å². The molecule has 0 nitrogen and oxygen atoms in total. The van der Waals surface area contributed by atoms with Crippen LogP contribution in [-0.2, 0) is 0 Å². The maximum absolute atomic E-state index is 3.66. The van der Waals surface area contributed by atoms with Crippen molar-refractivity contribution in [3.8, 4) is 0 Å². The molecular formula is C15H26. The summed E-state index contributed by atoms with van der Waals surface area (Å²) in [6.45, 7) is 5.92. The average Bonchev–Trinajstić information content (AvgIpc) is 2.26. The molecule has 0 saturated heterocycles. The summed E-state index contributed by atoms with van der Waals surface area (Å²) in [6.07, 6.45) is 17.9. The molecule has 0 saturated carbocycles. The van der Waals surface area contributed by atoms with Crippen molar-refractivity contribution in [2.45, 2.75) is 64.7 Å². The summed E-state index contributed by atoms with van der Waals surface area (Å²) in [5, 5.41) is 0. The van der Waals surface area contributed by atoms with E-state index in [1.807, 2.05) is 12.2 Å². The van der Waals surface area contributed by atoms with E-state index in [9.17, 15) is 0 Å². The molecule has 0 amide bonds. The van der Waals surface area contributed by atoms with Gasteiger partial charge in [0.2, 0.25) is 0 Å². The zero-order valence-electron chi connectivity index (χ0n) is 10.3. The van der Waals surface area contributed by atoms with Gasteiger partial charge >= 0.3 is 0 Å². The molecule has 0 aliphatic rings. The number of rotatable bonds is 10. The molecule has 0 bridgehead atoms. The third-order valence-corrected chi connectivity index (χ3v) is 2.47. The van der Waals surface area contributed by atoms with Gasteiger partial charge in [0.05, 0.1) is 0 Å². The second-order valence-corrected chi connectivity index (χ2v) is 4.01. The Bertz CT molecular complexity index is 182. The van der Waals surface area contributed by atoms with E-state index in [0.717, 1.165) is 6.42 Å². The summed E-state index contributed by atoms with van der Waals surface area (Å²) in [5.74, 6) is 0. The van der Waals surface area contributed by atoms with Crippen molar-refractivity contribution in [2.75, 3.05) is 0 Å². The van der Waals surface area contributed by atoms with Gasteiger partial charge in [-0.05, 0) is 31.4 Å². The maximum Gasteiger partial charge on any atom is -0.00957 e. The Labute approximate surface area is 95.8 Å². The first-order valence-electron chi connectivity index (χ1n) is 6.42. The van der Waals surface area contributed by atoms with E-state index in [4.69, 9.17) is 0 Å². The number of unbranched alkanes of at least 4 members (excludes halogenated alkanes) is 7. The quantitative estimate of drug-likeness (QED) is 0.254. The van der Waals surface area contributed by atoms with Crippen LogP contribution in [-0.4, -0.2) is 0 Å². The van der Waals surface area contributed by atoms with Crippen LogP contribution < -0.4 is 0 Å². The van der Waals surface area contributed by atoms with Gasteiger partial charge in [-0.2, -0.15) is 0 Å². The summed E-state index contributed by atoms with van der Waals surface area (Å²) in [4.78, 5) is 0. The molecule has 0 N–H and O–H groups in total. The van der Waals surface area contributed by atoms with Gasteiger partial charge in [-0.25, -0.2) is 0 Å². The molecule has 0 radical (unpaired) electrons. The zero-order chi connectivity index (χ0) is 11.2. The molecule has 0 spiro atoms. The van der Waals surface area contributed by atoms with E-state index in [-0.39, 0.29) is 0 Å². The van der Waals surface area contributed by atoms with Crippen molar-refractivity contribution in [3.63, 3.8) is 0 Å². The highest BCUT2D eigenvalue weighted by atomic mass is 13.9. The molecule has 0 unspecified atom stereocenters. The Morgan fingerprint density at radius 1 is 0.933 bits per heavy atom. The fourth-order valence-electron chi connectivity index (χ4n) is 1.52. The van der Waals surface area contributed by atoms with Crippen LogP contribution in [0.15, 0.2) is 30.5 Å². The third-order valence-electron chi connectivity index (χ3n) is 2.47. The van der Waals surface area contributed by atoms with E-state index in [2.05, 4.69) is 25.3 Å². The van der Waals surface area contributed by atoms with Crippen LogP contribution in [0.2, 0.25) is 0 Å². The van der Waals surface area contributed by atoms with Crippen LogP contribution in [0, 0.1) is 0 Å². The normalized spacial score (nSPS) is 9.40. The van der Waals surface area contributed by atoms with E-state index < -0.39 is 0 Å². The van der Waals surface area contributed by atoms with Crippen molar-refractivity contribution in [1.29, 1.82) is 0 Å². The first kappa shape index (κ1) is 14.3. The number of allylic oxidation sites excluding steroid dienone is 2. The Morgan fingerprint density at radius 2 is 1.60 bits per heavy atom. The molecule has 86 valence electrons. The molecule has 0 heteroatoms. The first-order valence-corrected chi connectivity index (χ1v) is 6.42.